The Balaban J connectivity index is 2.25. The van der Waals surface area contributed by atoms with Crippen molar-refractivity contribution in [3.05, 3.63) is 40.4 Å². The van der Waals surface area contributed by atoms with Gasteiger partial charge in [-0.15, -0.1) is 0 Å². The Bertz CT molecular complexity index is 517. The molecule has 0 N–H and O–H groups in total. The zero-order valence-corrected chi connectivity index (χ0v) is 11.7. The van der Waals surface area contributed by atoms with Crippen molar-refractivity contribution in [3.8, 4) is 11.6 Å². The first kappa shape index (κ1) is 12.1. The molecule has 0 atom stereocenters. The molecule has 0 aliphatic carbocycles. The lowest BCUT2D eigenvalue weighted by Crippen LogP contribution is -2.08. The molecule has 0 fully saturated rings. The number of benzene rings is 1. The molecule has 1 heterocycles. The van der Waals surface area contributed by atoms with Gasteiger partial charge in [-0.25, -0.2) is 9.97 Å². The second kappa shape index (κ2) is 5.31. The standard InChI is InChI=1S/C12H12IN3O/c1-16(2)9-4-3-5-10(6-9)17-12-11(13)7-14-8-15-12/h3-8H,1-2H3. The van der Waals surface area contributed by atoms with Gasteiger partial charge in [-0.3, -0.25) is 0 Å². The lowest BCUT2D eigenvalue weighted by Gasteiger charge is -2.13. The summed E-state index contributed by atoms with van der Waals surface area (Å²) >= 11 is 2.15. The molecule has 1 aromatic heterocycles. The summed E-state index contributed by atoms with van der Waals surface area (Å²) in [6, 6.07) is 7.86. The number of halogens is 1. The zero-order chi connectivity index (χ0) is 12.3. The largest absolute Gasteiger partial charge is 0.438 e. The van der Waals surface area contributed by atoms with E-state index in [9.17, 15) is 0 Å². The summed E-state index contributed by atoms with van der Waals surface area (Å²) in [6.07, 6.45) is 3.20. The summed E-state index contributed by atoms with van der Waals surface area (Å²) in [7, 11) is 3.99. The topological polar surface area (TPSA) is 38.2 Å². The fourth-order valence-electron chi connectivity index (χ4n) is 1.31. The van der Waals surface area contributed by atoms with Crippen molar-refractivity contribution in [3.63, 3.8) is 0 Å². The zero-order valence-electron chi connectivity index (χ0n) is 9.59. The van der Waals surface area contributed by atoms with Crippen LogP contribution in [0.3, 0.4) is 0 Å². The van der Waals surface area contributed by atoms with Gasteiger partial charge in [0.05, 0.1) is 3.57 Å². The van der Waals surface area contributed by atoms with Gasteiger partial charge >= 0.3 is 0 Å². The Hall–Kier alpha value is -1.37. The molecule has 0 radical (unpaired) electrons. The van der Waals surface area contributed by atoms with Crippen LogP contribution in [0.2, 0.25) is 0 Å². The van der Waals surface area contributed by atoms with Crippen LogP contribution in [0, 0.1) is 3.57 Å². The minimum atomic E-state index is 0.580. The van der Waals surface area contributed by atoms with Gasteiger partial charge < -0.3 is 9.64 Å². The highest BCUT2D eigenvalue weighted by atomic mass is 127. The predicted octanol–water partition coefficient (Wildman–Crippen LogP) is 2.94. The number of nitrogens with zero attached hydrogens (tertiary/aromatic N) is 3. The average molecular weight is 341 g/mol. The fraction of sp³-hybridized carbons (Fsp3) is 0.167. The summed E-state index contributed by atoms with van der Waals surface area (Å²) in [5.74, 6) is 1.35. The molecule has 0 aliphatic rings. The SMILES string of the molecule is CN(C)c1cccc(Oc2ncncc2I)c1. The Morgan fingerprint density at radius 2 is 2.12 bits per heavy atom. The third kappa shape index (κ3) is 3.06. The molecule has 0 saturated carbocycles. The molecule has 88 valence electrons. The van der Waals surface area contributed by atoms with Crippen LogP contribution in [0.25, 0.3) is 0 Å². The van der Waals surface area contributed by atoms with Gasteiger partial charge in [-0.2, -0.15) is 0 Å². The third-order valence-electron chi connectivity index (χ3n) is 2.18. The Kier molecular flexibility index (Phi) is 3.78. The first-order chi connectivity index (χ1) is 8.16. The predicted molar refractivity (Wildman–Crippen MR) is 75.6 cm³/mol. The Labute approximate surface area is 114 Å². The maximum absolute atomic E-state index is 5.71. The average Bonchev–Trinajstić information content (AvgIpc) is 2.32. The Morgan fingerprint density at radius 1 is 1.29 bits per heavy atom. The van der Waals surface area contributed by atoms with Gasteiger partial charge in [0.2, 0.25) is 5.88 Å². The highest BCUT2D eigenvalue weighted by Crippen LogP contribution is 2.26. The van der Waals surface area contributed by atoms with Crippen LogP contribution in [0.5, 0.6) is 11.6 Å². The monoisotopic (exact) mass is 341 g/mol. The van der Waals surface area contributed by atoms with Gasteiger partial charge in [0, 0.05) is 32.0 Å². The van der Waals surface area contributed by atoms with E-state index in [-0.39, 0.29) is 0 Å². The molecule has 2 rings (SSSR count). The van der Waals surface area contributed by atoms with E-state index in [4.69, 9.17) is 4.74 Å². The summed E-state index contributed by atoms with van der Waals surface area (Å²) in [5.41, 5.74) is 1.09. The van der Waals surface area contributed by atoms with Crippen LogP contribution in [-0.2, 0) is 0 Å². The Morgan fingerprint density at radius 3 is 2.82 bits per heavy atom. The van der Waals surface area contributed by atoms with E-state index in [1.54, 1.807) is 6.20 Å². The molecule has 0 spiro atoms. The normalized spacial score (nSPS) is 10.1. The van der Waals surface area contributed by atoms with E-state index in [1.165, 1.54) is 6.33 Å². The minimum absolute atomic E-state index is 0.580. The van der Waals surface area contributed by atoms with Crippen molar-refractivity contribution in [2.75, 3.05) is 19.0 Å². The van der Waals surface area contributed by atoms with Gasteiger partial charge in [0.25, 0.3) is 0 Å². The molecule has 0 unspecified atom stereocenters. The summed E-state index contributed by atoms with van der Waals surface area (Å²) in [6.45, 7) is 0. The van der Waals surface area contributed by atoms with E-state index < -0.39 is 0 Å². The van der Waals surface area contributed by atoms with E-state index in [0.717, 1.165) is 15.0 Å². The summed E-state index contributed by atoms with van der Waals surface area (Å²) < 4.78 is 6.60. The van der Waals surface area contributed by atoms with Gasteiger partial charge in [-0.1, -0.05) is 6.07 Å². The number of rotatable bonds is 3. The fourth-order valence-corrected chi connectivity index (χ4v) is 1.72. The summed E-state index contributed by atoms with van der Waals surface area (Å²) in [5, 5.41) is 0. The molecular weight excluding hydrogens is 329 g/mol. The molecule has 0 saturated heterocycles. The van der Waals surface area contributed by atoms with Crippen LogP contribution in [0.1, 0.15) is 0 Å². The molecule has 5 heteroatoms. The van der Waals surface area contributed by atoms with E-state index in [0.29, 0.717) is 5.88 Å². The molecule has 0 amide bonds. The van der Waals surface area contributed by atoms with Crippen LogP contribution >= 0.6 is 22.6 Å². The van der Waals surface area contributed by atoms with E-state index in [1.807, 2.05) is 43.3 Å². The maximum atomic E-state index is 5.71. The lowest BCUT2D eigenvalue weighted by atomic mass is 10.3. The van der Waals surface area contributed by atoms with E-state index in [2.05, 4.69) is 32.6 Å². The van der Waals surface area contributed by atoms with Crippen LogP contribution < -0.4 is 9.64 Å². The highest BCUT2D eigenvalue weighted by molar-refractivity contribution is 14.1. The molecule has 2 aromatic rings. The van der Waals surface area contributed by atoms with Crippen LogP contribution in [0.15, 0.2) is 36.8 Å². The molecular formula is C12H12IN3O. The van der Waals surface area contributed by atoms with Crippen molar-refractivity contribution in [2.45, 2.75) is 0 Å². The first-order valence-electron chi connectivity index (χ1n) is 5.07. The van der Waals surface area contributed by atoms with Crippen molar-refractivity contribution >= 4 is 28.3 Å². The van der Waals surface area contributed by atoms with Crippen LogP contribution in [-0.4, -0.2) is 24.1 Å². The number of anilines is 1. The third-order valence-corrected chi connectivity index (χ3v) is 2.92. The van der Waals surface area contributed by atoms with Crippen molar-refractivity contribution in [2.24, 2.45) is 0 Å². The number of hydrogen-bond acceptors (Lipinski definition) is 4. The van der Waals surface area contributed by atoms with Gasteiger partial charge in [-0.05, 0) is 34.7 Å². The molecule has 0 bridgehead atoms. The van der Waals surface area contributed by atoms with Crippen LogP contribution in [0.4, 0.5) is 5.69 Å². The first-order valence-corrected chi connectivity index (χ1v) is 6.15. The number of aromatic nitrogens is 2. The molecule has 17 heavy (non-hydrogen) atoms. The van der Waals surface area contributed by atoms with Crippen molar-refractivity contribution < 1.29 is 4.74 Å². The quantitative estimate of drug-likeness (QED) is 0.805. The molecule has 0 aliphatic heterocycles. The lowest BCUT2D eigenvalue weighted by molar-refractivity contribution is 0.457. The van der Waals surface area contributed by atoms with Crippen molar-refractivity contribution in [1.29, 1.82) is 0 Å². The maximum Gasteiger partial charge on any atom is 0.235 e. The molecule has 4 nitrogen and oxygen atoms in total. The smallest absolute Gasteiger partial charge is 0.235 e. The van der Waals surface area contributed by atoms with Crippen molar-refractivity contribution in [1.82, 2.24) is 9.97 Å². The minimum Gasteiger partial charge on any atom is -0.438 e. The number of hydrogen-bond donors (Lipinski definition) is 0. The number of ether oxygens (including phenoxy) is 1. The van der Waals surface area contributed by atoms with Gasteiger partial charge in [0.15, 0.2) is 0 Å². The second-order valence-electron chi connectivity index (χ2n) is 3.67. The highest BCUT2D eigenvalue weighted by Gasteiger charge is 2.04. The van der Waals surface area contributed by atoms with E-state index >= 15 is 0 Å². The summed E-state index contributed by atoms with van der Waals surface area (Å²) in [4.78, 5) is 10.0. The second-order valence-corrected chi connectivity index (χ2v) is 4.83. The molecule has 1 aromatic carbocycles. The van der Waals surface area contributed by atoms with Gasteiger partial charge in [0.1, 0.15) is 12.1 Å².